The number of anilines is 3. The summed E-state index contributed by atoms with van der Waals surface area (Å²) in [5.41, 5.74) is 9.25. The minimum Gasteiger partial charge on any atom is -0.487 e. The van der Waals surface area contributed by atoms with E-state index in [1.807, 2.05) is 66.7 Å². The second-order valence-electron chi connectivity index (χ2n) is 6.04. The summed E-state index contributed by atoms with van der Waals surface area (Å²) in [6.07, 6.45) is 1.51. The van der Waals surface area contributed by atoms with Crippen LogP contribution in [0.2, 0.25) is 5.02 Å². The van der Waals surface area contributed by atoms with E-state index < -0.39 is 0 Å². The molecule has 0 aliphatic rings. The molecule has 0 bridgehead atoms. The van der Waals surface area contributed by atoms with Crippen LogP contribution in [0.5, 0.6) is 5.75 Å². The minimum atomic E-state index is 0.461. The van der Waals surface area contributed by atoms with Crippen molar-refractivity contribution in [3.8, 4) is 5.75 Å². The molecular weight excluding hydrogens is 360 g/mol. The summed E-state index contributed by atoms with van der Waals surface area (Å²) in [6, 6.07) is 21.0. The molecule has 0 spiro atoms. The zero-order valence-corrected chi connectivity index (χ0v) is 15.1. The largest absolute Gasteiger partial charge is 0.487 e. The van der Waals surface area contributed by atoms with Crippen molar-refractivity contribution in [2.45, 2.75) is 6.61 Å². The number of nitrogens with one attached hydrogen (secondary N) is 1. The average molecular weight is 377 g/mol. The average Bonchev–Trinajstić information content (AvgIpc) is 2.69. The zero-order chi connectivity index (χ0) is 18.6. The highest BCUT2D eigenvalue weighted by atomic mass is 35.5. The van der Waals surface area contributed by atoms with E-state index in [4.69, 9.17) is 22.1 Å². The van der Waals surface area contributed by atoms with Crippen LogP contribution in [0, 0.1) is 0 Å². The number of rotatable bonds is 5. The quantitative estimate of drug-likeness (QED) is 0.469. The van der Waals surface area contributed by atoms with Crippen LogP contribution < -0.4 is 15.8 Å². The molecule has 0 aliphatic heterocycles. The zero-order valence-electron chi connectivity index (χ0n) is 14.4. The summed E-state index contributed by atoms with van der Waals surface area (Å²) in [6.45, 7) is 0.461. The first-order valence-electron chi connectivity index (χ1n) is 8.42. The molecule has 5 nitrogen and oxygen atoms in total. The van der Waals surface area contributed by atoms with Crippen LogP contribution in [-0.2, 0) is 6.61 Å². The third kappa shape index (κ3) is 3.93. The van der Waals surface area contributed by atoms with Gasteiger partial charge in [-0.15, -0.1) is 0 Å². The lowest BCUT2D eigenvalue weighted by atomic mass is 10.2. The van der Waals surface area contributed by atoms with Gasteiger partial charge in [-0.1, -0.05) is 41.9 Å². The normalized spacial score (nSPS) is 10.7. The smallest absolute Gasteiger partial charge is 0.141 e. The van der Waals surface area contributed by atoms with Crippen LogP contribution in [0.3, 0.4) is 0 Å². The van der Waals surface area contributed by atoms with Gasteiger partial charge in [0, 0.05) is 16.8 Å². The maximum Gasteiger partial charge on any atom is 0.141 e. The van der Waals surface area contributed by atoms with Crippen molar-refractivity contribution in [3.63, 3.8) is 0 Å². The Bertz CT molecular complexity index is 1090. The van der Waals surface area contributed by atoms with E-state index in [0.29, 0.717) is 28.9 Å². The molecular formula is C21H17ClN4O. The van der Waals surface area contributed by atoms with Crippen molar-refractivity contribution in [2.24, 2.45) is 0 Å². The number of hydrogen-bond acceptors (Lipinski definition) is 5. The highest BCUT2D eigenvalue weighted by molar-refractivity contribution is 6.32. The first kappa shape index (κ1) is 17.1. The maximum absolute atomic E-state index is 6.39. The monoisotopic (exact) mass is 376 g/mol. The Hall–Kier alpha value is -3.31. The summed E-state index contributed by atoms with van der Waals surface area (Å²) in [5.74, 6) is 1.30. The Kier molecular flexibility index (Phi) is 4.77. The van der Waals surface area contributed by atoms with E-state index in [0.717, 1.165) is 22.2 Å². The van der Waals surface area contributed by atoms with Crippen LogP contribution in [0.4, 0.5) is 17.2 Å². The number of nitrogen functional groups attached to an aromatic ring is 1. The molecule has 0 amide bonds. The van der Waals surface area contributed by atoms with Crippen molar-refractivity contribution in [1.82, 2.24) is 9.97 Å². The van der Waals surface area contributed by atoms with Crippen LogP contribution in [0.1, 0.15) is 5.56 Å². The summed E-state index contributed by atoms with van der Waals surface area (Å²) >= 11 is 6.39. The van der Waals surface area contributed by atoms with Gasteiger partial charge in [-0.2, -0.15) is 0 Å². The topological polar surface area (TPSA) is 73.1 Å². The molecule has 0 atom stereocenters. The molecule has 1 heterocycles. The van der Waals surface area contributed by atoms with Crippen LogP contribution in [0.25, 0.3) is 10.9 Å². The Labute approximate surface area is 161 Å². The number of fused-ring (bicyclic) bond motifs is 1. The fraction of sp³-hybridized carbons (Fsp3) is 0.0476. The molecule has 4 rings (SSSR count). The van der Waals surface area contributed by atoms with E-state index in [-0.39, 0.29) is 0 Å². The van der Waals surface area contributed by atoms with E-state index >= 15 is 0 Å². The highest BCUT2D eigenvalue weighted by Crippen LogP contribution is 2.31. The Morgan fingerprint density at radius 2 is 1.81 bits per heavy atom. The van der Waals surface area contributed by atoms with Crippen LogP contribution in [0.15, 0.2) is 73.1 Å². The molecule has 0 unspecified atom stereocenters. The Morgan fingerprint density at radius 1 is 0.963 bits per heavy atom. The SMILES string of the molecule is Nc1ccc2ncnc(Nc3ccc(OCc4ccccc4)c(Cl)c3)c2c1. The second kappa shape index (κ2) is 7.51. The number of halogens is 1. The molecule has 0 aliphatic carbocycles. The number of aromatic nitrogens is 2. The van der Waals surface area contributed by atoms with Gasteiger partial charge in [0.1, 0.15) is 24.5 Å². The third-order valence-corrected chi connectivity index (χ3v) is 4.39. The van der Waals surface area contributed by atoms with Crippen LogP contribution >= 0.6 is 11.6 Å². The molecule has 3 N–H and O–H groups in total. The highest BCUT2D eigenvalue weighted by Gasteiger charge is 2.08. The van der Waals surface area contributed by atoms with Gasteiger partial charge in [-0.25, -0.2) is 9.97 Å². The predicted octanol–water partition coefficient (Wildman–Crippen LogP) is 5.19. The van der Waals surface area contributed by atoms with Crippen molar-refractivity contribution in [3.05, 3.63) is 83.6 Å². The maximum atomic E-state index is 6.39. The van der Waals surface area contributed by atoms with Crippen molar-refractivity contribution >= 4 is 39.7 Å². The molecule has 0 radical (unpaired) electrons. The molecule has 3 aromatic carbocycles. The fourth-order valence-electron chi connectivity index (χ4n) is 2.74. The second-order valence-corrected chi connectivity index (χ2v) is 6.45. The molecule has 0 saturated carbocycles. The summed E-state index contributed by atoms with van der Waals surface area (Å²) in [4.78, 5) is 8.58. The molecule has 134 valence electrons. The van der Waals surface area contributed by atoms with Crippen molar-refractivity contribution in [1.29, 1.82) is 0 Å². The lowest BCUT2D eigenvalue weighted by Crippen LogP contribution is -1.98. The van der Waals surface area contributed by atoms with Gasteiger partial charge in [0.2, 0.25) is 0 Å². The van der Waals surface area contributed by atoms with E-state index in [9.17, 15) is 0 Å². The van der Waals surface area contributed by atoms with Crippen molar-refractivity contribution in [2.75, 3.05) is 11.1 Å². The number of hydrogen-bond donors (Lipinski definition) is 2. The molecule has 4 aromatic rings. The lowest BCUT2D eigenvalue weighted by molar-refractivity contribution is 0.306. The fourth-order valence-corrected chi connectivity index (χ4v) is 2.98. The van der Waals surface area contributed by atoms with Crippen LogP contribution in [-0.4, -0.2) is 9.97 Å². The first-order chi connectivity index (χ1) is 13.2. The van der Waals surface area contributed by atoms with Gasteiger partial charge in [-0.05, 0) is 42.0 Å². The predicted molar refractivity (Wildman–Crippen MR) is 109 cm³/mol. The molecule has 1 aromatic heterocycles. The Balaban J connectivity index is 1.54. The number of nitrogens with two attached hydrogens (primary N) is 1. The summed E-state index contributed by atoms with van der Waals surface area (Å²) < 4.78 is 5.81. The standard InChI is InChI=1S/C21H17ClN4O/c22-18-11-16(7-9-20(18)27-12-14-4-2-1-3-5-14)26-21-17-10-15(23)6-8-19(17)24-13-25-21/h1-11,13H,12,23H2,(H,24,25,26). The summed E-state index contributed by atoms with van der Waals surface area (Å²) in [7, 11) is 0. The lowest BCUT2D eigenvalue weighted by Gasteiger charge is -2.12. The first-order valence-corrected chi connectivity index (χ1v) is 8.80. The summed E-state index contributed by atoms with van der Waals surface area (Å²) in [5, 5.41) is 4.64. The molecule has 27 heavy (non-hydrogen) atoms. The van der Waals surface area contributed by atoms with Crippen molar-refractivity contribution < 1.29 is 4.74 Å². The van der Waals surface area contributed by atoms with Gasteiger partial charge in [0.25, 0.3) is 0 Å². The van der Waals surface area contributed by atoms with Gasteiger partial charge in [-0.3, -0.25) is 0 Å². The van der Waals surface area contributed by atoms with Gasteiger partial charge >= 0.3 is 0 Å². The van der Waals surface area contributed by atoms with E-state index in [2.05, 4.69) is 15.3 Å². The Morgan fingerprint density at radius 3 is 2.63 bits per heavy atom. The molecule has 0 saturated heterocycles. The molecule has 6 heteroatoms. The molecule has 0 fully saturated rings. The van der Waals surface area contributed by atoms with Gasteiger partial charge in [0.15, 0.2) is 0 Å². The van der Waals surface area contributed by atoms with E-state index in [1.165, 1.54) is 6.33 Å². The van der Waals surface area contributed by atoms with E-state index in [1.54, 1.807) is 0 Å². The third-order valence-electron chi connectivity index (χ3n) is 4.09. The number of benzene rings is 3. The number of ether oxygens (including phenoxy) is 1. The van der Waals surface area contributed by atoms with Gasteiger partial charge in [0.05, 0.1) is 10.5 Å². The van der Waals surface area contributed by atoms with Gasteiger partial charge < -0.3 is 15.8 Å². The minimum absolute atomic E-state index is 0.461. The number of nitrogens with zero attached hydrogens (tertiary/aromatic N) is 2.